The highest BCUT2D eigenvalue weighted by Gasteiger charge is 2.57. The average Bonchev–Trinajstić information content (AvgIpc) is 3.73. The lowest BCUT2D eigenvalue weighted by Gasteiger charge is -2.51. The van der Waals surface area contributed by atoms with E-state index in [0.29, 0.717) is 0 Å². The van der Waals surface area contributed by atoms with Crippen LogP contribution < -0.4 is 4.90 Å². The van der Waals surface area contributed by atoms with Crippen LogP contribution in [0.15, 0.2) is 284 Å². The summed E-state index contributed by atoms with van der Waals surface area (Å²) in [6.07, 6.45) is 6.88. The molecule has 1 unspecified atom stereocenters. The van der Waals surface area contributed by atoms with E-state index in [-0.39, 0.29) is 0 Å². The third-order valence-corrected chi connectivity index (χ3v) is 15.1. The van der Waals surface area contributed by atoms with E-state index in [4.69, 9.17) is 0 Å². The van der Waals surface area contributed by atoms with E-state index in [9.17, 15) is 0 Å². The van der Waals surface area contributed by atoms with Crippen LogP contribution in [0.3, 0.4) is 0 Å². The van der Waals surface area contributed by atoms with E-state index in [1.807, 2.05) is 0 Å². The van der Waals surface area contributed by atoms with Crippen LogP contribution in [0.4, 0.5) is 17.1 Å². The summed E-state index contributed by atoms with van der Waals surface area (Å²) in [6.45, 7) is 0. The molecular weight excluding hydrogens is 831 g/mol. The molecule has 0 aromatic heterocycles. The highest BCUT2D eigenvalue weighted by atomic mass is 15.1. The zero-order valence-electron chi connectivity index (χ0n) is 38.3. The summed E-state index contributed by atoms with van der Waals surface area (Å²) in [5, 5.41) is 0. The summed E-state index contributed by atoms with van der Waals surface area (Å²) in [4.78, 5) is 2.38. The van der Waals surface area contributed by atoms with Crippen LogP contribution in [-0.2, 0) is 10.8 Å². The van der Waals surface area contributed by atoms with Gasteiger partial charge in [0.15, 0.2) is 0 Å². The van der Waals surface area contributed by atoms with Gasteiger partial charge in [-0.1, -0.05) is 231 Å². The lowest BCUT2D eigenvalue weighted by molar-refractivity contribution is 0.584. The standard InChI is InChI=1S/C68H49N/c1-5-20-48(21-6-1)50-36-41-56(42-37-50)69(58-29-19-24-52(46-58)49-22-7-2-8-23-49)57-43-38-51(39-44-57)53-40-45-62-60(47-53)59-30-13-14-31-61(59)68(62)65-34-17-15-32-63(65)67(54-25-9-3-10-26-54,55-27-11-4-12-28-55)64-33-16-18-35-66(64)68/h1-17,19-34,36-47H,18,35H2. The number of rotatable bonds is 8. The van der Waals surface area contributed by atoms with Crippen molar-refractivity contribution in [1.29, 1.82) is 0 Å². The van der Waals surface area contributed by atoms with Crippen molar-refractivity contribution in [3.05, 3.63) is 318 Å². The van der Waals surface area contributed by atoms with Gasteiger partial charge in [-0.25, -0.2) is 0 Å². The largest absolute Gasteiger partial charge is 0.310 e. The normalized spacial score (nSPS) is 16.1. The Morgan fingerprint density at radius 2 is 0.754 bits per heavy atom. The molecular formula is C68H49N. The van der Waals surface area contributed by atoms with Crippen LogP contribution in [-0.4, -0.2) is 0 Å². The minimum Gasteiger partial charge on any atom is -0.310 e. The molecule has 0 aliphatic heterocycles. The van der Waals surface area contributed by atoms with Crippen molar-refractivity contribution in [2.45, 2.75) is 23.7 Å². The van der Waals surface area contributed by atoms with Crippen LogP contribution in [0.1, 0.15) is 46.2 Å². The molecule has 1 heteroatoms. The Kier molecular flexibility index (Phi) is 9.84. The minimum atomic E-state index is -0.476. The molecule has 0 radical (unpaired) electrons. The maximum Gasteiger partial charge on any atom is 0.0704 e. The molecule has 1 nitrogen and oxygen atoms in total. The fourth-order valence-corrected chi connectivity index (χ4v) is 12.2. The van der Waals surface area contributed by atoms with Gasteiger partial charge in [-0.05, 0) is 144 Å². The van der Waals surface area contributed by atoms with Crippen molar-refractivity contribution < 1.29 is 0 Å². The Labute approximate surface area is 405 Å². The predicted molar refractivity (Wildman–Crippen MR) is 287 cm³/mol. The maximum atomic E-state index is 2.48. The monoisotopic (exact) mass is 879 g/mol. The summed E-state index contributed by atoms with van der Waals surface area (Å²) in [5.41, 5.74) is 23.2. The van der Waals surface area contributed by atoms with Crippen LogP contribution in [0.2, 0.25) is 0 Å². The van der Waals surface area contributed by atoms with Gasteiger partial charge in [0.05, 0.1) is 10.8 Å². The van der Waals surface area contributed by atoms with Crippen LogP contribution >= 0.6 is 0 Å². The first-order valence-corrected chi connectivity index (χ1v) is 24.3. The van der Waals surface area contributed by atoms with Crippen molar-refractivity contribution in [2.75, 3.05) is 4.90 Å². The molecule has 0 saturated carbocycles. The van der Waals surface area contributed by atoms with Crippen molar-refractivity contribution in [3.63, 3.8) is 0 Å². The second-order valence-electron chi connectivity index (χ2n) is 18.6. The Morgan fingerprint density at radius 1 is 0.304 bits per heavy atom. The fraction of sp³-hybridized carbons (Fsp3) is 0.0588. The van der Waals surface area contributed by atoms with Gasteiger partial charge in [0, 0.05) is 17.1 Å². The third kappa shape index (κ3) is 6.38. The average molecular weight is 880 g/mol. The Balaban J connectivity index is 0.950. The van der Waals surface area contributed by atoms with Crippen molar-refractivity contribution in [3.8, 4) is 44.5 Å². The molecule has 0 saturated heterocycles. The van der Waals surface area contributed by atoms with E-state index in [1.54, 1.807) is 0 Å². The molecule has 0 heterocycles. The minimum absolute atomic E-state index is 0.442. The topological polar surface area (TPSA) is 3.24 Å². The molecule has 0 N–H and O–H groups in total. The zero-order valence-corrected chi connectivity index (χ0v) is 38.3. The number of fused-ring (bicyclic) bond motifs is 8. The van der Waals surface area contributed by atoms with Crippen molar-refractivity contribution in [2.24, 2.45) is 0 Å². The summed E-state index contributed by atoms with van der Waals surface area (Å²) in [5.74, 6) is 0. The molecule has 0 bridgehead atoms. The van der Waals surface area contributed by atoms with Gasteiger partial charge in [-0.2, -0.15) is 0 Å². The lowest BCUT2D eigenvalue weighted by atomic mass is 9.50. The second-order valence-corrected chi connectivity index (χ2v) is 18.6. The molecule has 69 heavy (non-hydrogen) atoms. The lowest BCUT2D eigenvalue weighted by Crippen LogP contribution is -2.45. The third-order valence-electron chi connectivity index (χ3n) is 15.1. The van der Waals surface area contributed by atoms with E-state index in [0.717, 1.165) is 29.9 Å². The fourth-order valence-electron chi connectivity index (χ4n) is 12.2. The van der Waals surface area contributed by atoms with Crippen molar-refractivity contribution in [1.82, 2.24) is 0 Å². The summed E-state index contributed by atoms with van der Waals surface area (Å²) in [7, 11) is 0. The quantitative estimate of drug-likeness (QED) is 0.147. The van der Waals surface area contributed by atoms with Gasteiger partial charge in [-0.15, -0.1) is 0 Å². The van der Waals surface area contributed by atoms with Gasteiger partial charge in [-0.3, -0.25) is 0 Å². The molecule has 10 aromatic rings. The van der Waals surface area contributed by atoms with Gasteiger partial charge in [0.2, 0.25) is 0 Å². The molecule has 10 aromatic carbocycles. The number of anilines is 3. The molecule has 3 aliphatic rings. The maximum absolute atomic E-state index is 2.48. The number of nitrogens with zero attached hydrogens (tertiary/aromatic N) is 1. The van der Waals surface area contributed by atoms with Crippen LogP contribution in [0.25, 0.3) is 44.5 Å². The first-order valence-electron chi connectivity index (χ1n) is 24.3. The summed E-state index contributed by atoms with van der Waals surface area (Å²) < 4.78 is 0. The molecule has 326 valence electrons. The van der Waals surface area contributed by atoms with E-state index < -0.39 is 10.8 Å². The Bertz CT molecular complexity index is 3530. The summed E-state index contributed by atoms with van der Waals surface area (Å²) in [6, 6.07) is 96.7. The van der Waals surface area contributed by atoms with Crippen LogP contribution in [0.5, 0.6) is 0 Å². The smallest absolute Gasteiger partial charge is 0.0704 e. The van der Waals surface area contributed by atoms with Gasteiger partial charge in [0.25, 0.3) is 0 Å². The SMILES string of the molecule is C1=CC2=C(CC1)C1(c3ccccc3-c3cc(-c4ccc(N(c5ccc(-c6ccccc6)cc5)c5cccc(-c6ccccc6)c5)cc4)ccc31)c1ccccc1C2(c1ccccc1)c1ccccc1. The van der Waals surface area contributed by atoms with Crippen molar-refractivity contribution >= 4 is 17.1 Å². The number of allylic oxidation sites excluding steroid dienone is 4. The van der Waals surface area contributed by atoms with Gasteiger partial charge < -0.3 is 4.90 Å². The number of hydrogen-bond donors (Lipinski definition) is 0. The molecule has 1 spiro atoms. The van der Waals surface area contributed by atoms with Gasteiger partial charge >= 0.3 is 0 Å². The zero-order chi connectivity index (χ0) is 45.8. The molecule has 13 rings (SSSR count). The Morgan fingerprint density at radius 3 is 1.38 bits per heavy atom. The first kappa shape index (κ1) is 40.7. The highest BCUT2D eigenvalue weighted by molar-refractivity contribution is 5.92. The predicted octanol–water partition coefficient (Wildman–Crippen LogP) is 17.5. The highest BCUT2D eigenvalue weighted by Crippen LogP contribution is 2.66. The van der Waals surface area contributed by atoms with E-state index >= 15 is 0 Å². The van der Waals surface area contributed by atoms with Crippen LogP contribution in [0, 0.1) is 0 Å². The van der Waals surface area contributed by atoms with E-state index in [2.05, 4.69) is 278 Å². The summed E-state index contributed by atoms with van der Waals surface area (Å²) >= 11 is 0. The number of benzene rings is 10. The molecule has 1 atom stereocenters. The molecule has 3 aliphatic carbocycles. The molecule has 0 fully saturated rings. The van der Waals surface area contributed by atoms with Gasteiger partial charge in [0.1, 0.15) is 0 Å². The second kappa shape index (κ2) is 16.7. The first-order chi connectivity index (χ1) is 34.2. The van der Waals surface area contributed by atoms with E-state index in [1.165, 1.54) is 89.0 Å². The molecule has 0 amide bonds. The Hall–Kier alpha value is -8.52. The number of hydrogen-bond acceptors (Lipinski definition) is 1.